The molecule has 4 atom stereocenters. The number of anilines is 1. The number of fused-ring (bicyclic) bond motifs is 2. The summed E-state index contributed by atoms with van der Waals surface area (Å²) in [5.74, 6) is -2.83. The number of carbonyl (C=O) groups excluding carboxylic acids is 1. The molecule has 3 rings (SSSR count). The van der Waals surface area contributed by atoms with Crippen LogP contribution in [-0.4, -0.2) is 29.2 Å². The maximum atomic E-state index is 12.3. The standard InChI is InChI=1S/C14H12BrNO4/c15-7-1-3-8(4-2-7)16-13(17)11-9-5-6-10(20-9)12(11)14(18)19/h1-6,9-12H,(H,16,17)(H,18,19)/t9-,10+,11+,12-/m0/s1. The normalized spacial score (nSPS) is 30.4. The lowest BCUT2D eigenvalue weighted by Gasteiger charge is -2.20. The minimum Gasteiger partial charge on any atom is -0.481 e. The van der Waals surface area contributed by atoms with Gasteiger partial charge in [0.05, 0.1) is 18.1 Å². The summed E-state index contributed by atoms with van der Waals surface area (Å²) in [5, 5.41) is 12.0. The van der Waals surface area contributed by atoms with Crippen LogP contribution in [-0.2, 0) is 14.3 Å². The number of carboxylic acids is 1. The molecule has 2 heterocycles. The molecule has 20 heavy (non-hydrogen) atoms. The van der Waals surface area contributed by atoms with Crippen molar-refractivity contribution in [2.24, 2.45) is 11.8 Å². The molecule has 0 unspecified atom stereocenters. The molecule has 0 aromatic heterocycles. The van der Waals surface area contributed by atoms with E-state index >= 15 is 0 Å². The first-order valence-electron chi connectivity index (χ1n) is 6.19. The third-order valence-corrected chi connectivity index (χ3v) is 4.13. The number of hydrogen-bond donors (Lipinski definition) is 2. The van der Waals surface area contributed by atoms with Crippen LogP contribution < -0.4 is 5.32 Å². The zero-order valence-corrected chi connectivity index (χ0v) is 11.9. The highest BCUT2D eigenvalue weighted by molar-refractivity contribution is 9.10. The smallest absolute Gasteiger partial charge is 0.310 e. The fourth-order valence-electron chi connectivity index (χ4n) is 2.67. The molecule has 1 aromatic carbocycles. The maximum Gasteiger partial charge on any atom is 0.310 e. The average molecular weight is 338 g/mol. The van der Waals surface area contributed by atoms with Crippen LogP contribution in [0.5, 0.6) is 0 Å². The first-order valence-corrected chi connectivity index (χ1v) is 6.98. The number of benzene rings is 1. The highest BCUT2D eigenvalue weighted by Crippen LogP contribution is 2.39. The summed E-state index contributed by atoms with van der Waals surface area (Å²) in [6, 6.07) is 7.12. The Morgan fingerprint density at radius 2 is 1.70 bits per heavy atom. The van der Waals surface area contributed by atoms with Crippen LogP contribution in [0.25, 0.3) is 0 Å². The van der Waals surface area contributed by atoms with E-state index in [0.717, 1.165) is 4.47 Å². The van der Waals surface area contributed by atoms with Crippen molar-refractivity contribution in [2.45, 2.75) is 12.2 Å². The van der Waals surface area contributed by atoms with Gasteiger partial charge in [-0.05, 0) is 24.3 Å². The van der Waals surface area contributed by atoms with E-state index < -0.39 is 30.0 Å². The highest BCUT2D eigenvalue weighted by Gasteiger charge is 2.53. The van der Waals surface area contributed by atoms with Crippen LogP contribution in [0, 0.1) is 11.8 Å². The molecule has 1 saturated heterocycles. The first kappa shape index (κ1) is 13.3. The van der Waals surface area contributed by atoms with Gasteiger partial charge in [-0.25, -0.2) is 0 Å². The van der Waals surface area contributed by atoms with Crippen molar-refractivity contribution in [3.63, 3.8) is 0 Å². The lowest BCUT2D eigenvalue weighted by molar-refractivity contribution is -0.145. The summed E-state index contributed by atoms with van der Waals surface area (Å²) in [6.07, 6.45) is 2.53. The Bertz CT molecular complexity index is 583. The van der Waals surface area contributed by atoms with Crippen LogP contribution in [0.4, 0.5) is 5.69 Å². The van der Waals surface area contributed by atoms with E-state index in [0.29, 0.717) is 5.69 Å². The minimum atomic E-state index is -1.00. The van der Waals surface area contributed by atoms with Crippen molar-refractivity contribution in [1.82, 2.24) is 0 Å². The van der Waals surface area contributed by atoms with E-state index in [2.05, 4.69) is 21.2 Å². The summed E-state index contributed by atoms with van der Waals surface area (Å²) in [6.45, 7) is 0. The van der Waals surface area contributed by atoms with E-state index in [4.69, 9.17) is 4.74 Å². The van der Waals surface area contributed by atoms with Gasteiger partial charge < -0.3 is 15.2 Å². The number of carbonyl (C=O) groups is 2. The van der Waals surface area contributed by atoms with Gasteiger partial charge in [0.1, 0.15) is 5.92 Å². The van der Waals surface area contributed by atoms with E-state index in [-0.39, 0.29) is 5.91 Å². The van der Waals surface area contributed by atoms with Crippen molar-refractivity contribution in [1.29, 1.82) is 0 Å². The topological polar surface area (TPSA) is 75.6 Å². The molecule has 0 spiro atoms. The zero-order valence-electron chi connectivity index (χ0n) is 10.3. The number of aliphatic carboxylic acids is 1. The number of rotatable bonds is 3. The first-order chi connectivity index (χ1) is 9.56. The SMILES string of the molecule is O=C(O)[C@@H]1[C@H](C(=O)Nc2ccc(Br)cc2)[C@@H]2C=C[C@H]1O2. The molecule has 0 aliphatic carbocycles. The fourth-order valence-corrected chi connectivity index (χ4v) is 2.94. The lowest BCUT2D eigenvalue weighted by atomic mass is 9.82. The molecule has 2 bridgehead atoms. The van der Waals surface area contributed by atoms with Crippen molar-refractivity contribution in [3.05, 3.63) is 40.9 Å². The number of nitrogens with one attached hydrogen (secondary N) is 1. The van der Waals surface area contributed by atoms with E-state index in [1.807, 2.05) is 12.1 Å². The summed E-state index contributed by atoms with van der Waals surface area (Å²) in [5.41, 5.74) is 0.633. The lowest BCUT2D eigenvalue weighted by Crippen LogP contribution is -2.39. The molecule has 2 aliphatic rings. The summed E-state index contributed by atoms with van der Waals surface area (Å²) >= 11 is 3.31. The number of halogens is 1. The summed E-state index contributed by atoms with van der Waals surface area (Å²) in [4.78, 5) is 23.6. The van der Waals surface area contributed by atoms with Gasteiger partial charge in [0, 0.05) is 10.2 Å². The highest BCUT2D eigenvalue weighted by atomic mass is 79.9. The molecular formula is C14H12BrNO4. The molecule has 1 aromatic rings. The monoisotopic (exact) mass is 337 g/mol. The minimum absolute atomic E-state index is 0.323. The van der Waals surface area contributed by atoms with E-state index in [9.17, 15) is 14.7 Å². The molecule has 104 valence electrons. The molecule has 2 aliphatic heterocycles. The predicted molar refractivity (Wildman–Crippen MR) is 75.2 cm³/mol. The molecule has 2 N–H and O–H groups in total. The Hall–Kier alpha value is -1.66. The molecule has 0 saturated carbocycles. The number of ether oxygens (including phenoxy) is 1. The van der Waals surface area contributed by atoms with Crippen molar-refractivity contribution in [2.75, 3.05) is 5.32 Å². The van der Waals surface area contributed by atoms with E-state index in [1.54, 1.807) is 24.3 Å². The van der Waals surface area contributed by atoms with Crippen molar-refractivity contribution >= 4 is 33.5 Å². The van der Waals surface area contributed by atoms with Gasteiger partial charge in [0.2, 0.25) is 5.91 Å². The Balaban J connectivity index is 1.78. The largest absolute Gasteiger partial charge is 0.481 e. The van der Waals surface area contributed by atoms with Gasteiger partial charge in [0.25, 0.3) is 0 Å². The third-order valence-electron chi connectivity index (χ3n) is 3.60. The Morgan fingerprint density at radius 3 is 2.30 bits per heavy atom. The van der Waals surface area contributed by atoms with Crippen LogP contribution in [0.15, 0.2) is 40.9 Å². The maximum absolute atomic E-state index is 12.3. The second-order valence-corrected chi connectivity index (χ2v) is 5.75. The second-order valence-electron chi connectivity index (χ2n) is 4.84. The Labute approximate surface area is 123 Å². The van der Waals surface area contributed by atoms with Gasteiger partial charge in [0.15, 0.2) is 0 Å². The second kappa shape index (κ2) is 5.03. The Kier molecular flexibility index (Phi) is 3.35. The van der Waals surface area contributed by atoms with Gasteiger partial charge in [-0.3, -0.25) is 9.59 Å². The molecule has 6 heteroatoms. The predicted octanol–water partition coefficient (Wildman–Crippen LogP) is 2.04. The van der Waals surface area contributed by atoms with Crippen LogP contribution in [0.1, 0.15) is 0 Å². The summed E-state index contributed by atoms with van der Waals surface area (Å²) in [7, 11) is 0. The van der Waals surface area contributed by atoms with E-state index in [1.165, 1.54) is 0 Å². The van der Waals surface area contributed by atoms with Gasteiger partial charge in [-0.15, -0.1) is 0 Å². The molecular weight excluding hydrogens is 326 g/mol. The van der Waals surface area contributed by atoms with Crippen LogP contribution in [0.2, 0.25) is 0 Å². The third kappa shape index (κ3) is 2.25. The van der Waals surface area contributed by atoms with Gasteiger partial charge in [-0.1, -0.05) is 28.1 Å². The van der Waals surface area contributed by atoms with Crippen LogP contribution in [0.3, 0.4) is 0 Å². The number of amides is 1. The number of carboxylic acid groups (broad SMARTS) is 1. The van der Waals surface area contributed by atoms with Gasteiger partial charge in [-0.2, -0.15) is 0 Å². The number of hydrogen-bond acceptors (Lipinski definition) is 3. The average Bonchev–Trinajstić information content (AvgIpc) is 3.01. The molecule has 0 radical (unpaired) electrons. The molecule has 1 fully saturated rings. The van der Waals surface area contributed by atoms with Gasteiger partial charge >= 0.3 is 5.97 Å². The molecule has 1 amide bonds. The van der Waals surface area contributed by atoms with Crippen molar-refractivity contribution in [3.8, 4) is 0 Å². The van der Waals surface area contributed by atoms with Crippen LogP contribution >= 0.6 is 15.9 Å². The zero-order chi connectivity index (χ0) is 14.3. The quantitative estimate of drug-likeness (QED) is 0.827. The molecule has 5 nitrogen and oxygen atoms in total. The van der Waals surface area contributed by atoms with Crippen molar-refractivity contribution < 1.29 is 19.4 Å². The fraction of sp³-hybridized carbons (Fsp3) is 0.286. The Morgan fingerprint density at radius 1 is 1.10 bits per heavy atom. The summed E-state index contributed by atoms with van der Waals surface area (Å²) < 4.78 is 6.38.